The topological polar surface area (TPSA) is 72.7 Å². The molecule has 2 aromatic heterocycles. The third-order valence-electron chi connectivity index (χ3n) is 4.88. The molecule has 2 aromatic rings. The van der Waals surface area contributed by atoms with E-state index in [1.165, 1.54) is 36.7 Å². The first-order valence-electron chi connectivity index (χ1n) is 10.3. The van der Waals surface area contributed by atoms with Crippen LogP contribution >= 0.6 is 11.8 Å². The molecular weight excluding hydrogens is 360 g/mol. The van der Waals surface area contributed by atoms with Crippen molar-refractivity contribution >= 4 is 22.9 Å². The average Bonchev–Trinajstić information content (AvgIpc) is 2.98. The smallest absolute Gasteiger partial charge is 0.313 e. The van der Waals surface area contributed by atoms with Crippen LogP contribution < -0.4 is 11.2 Å². The summed E-state index contributed by atoms with van der Waals surface area (Å²) in [6.45, 7) is 7.41. The monoisotopic (exact) mass is 394 g/mol. The molecule has 27 heavy (non-hydrogen) atoms. The first-order chi connectivity index (χ1) is 13.0. The minimum Gasteiger partial charge on any atom is -0.313 e. The molecule has 0 bridgehead atoms. The van der Waals surface area contributed by atoms with Gasteiger partial charge < -0.3 is 4.57 Å². The third-order valence-corrected chi connectivity index (χ3v) is 5.89. The van der Waals surface area contributed by atoms with E-state index in [-0.39, 0.29) is 5.56 Å². The lowest BCUT2D eigenvalue weighted by Gasteiger charge is -2.09. The van der Waals surface area contributed by atoms with E-state index in [0.29, 0.717) is 17.1 Å². The Hall–Kier alpha value is -1.50. The van der Waals surface area contributed by atoms with Crippen molar-refractivity contribution in [2.75, 3.05) is 5.75 Å². The fourth-order valence-electron chi connectivity index (χ4n) is 3.15. The van der Waals surface area contributed by atoms with Gasteiger partial charge in [-0.2, -0.15) is 0 Å². The van der Waals surface area contributed by atoms with Crippen molar-refractivity contribution in [2.24, 2.45) is 13.0 Å². The van der Waals surface area contributed by atoms with Gasteiger partial charge >= 0.3 is 5.69 Å². The molecule has 0 spiro atoms. The molecule has 0 aromatic carbocycles. The van der Waals surface area contributed by atoms with Gasteiger partial charge in [-0.05, 0) is 18.8 Å². The highest BCUT2D eigenvalue weighted by atomic mass is 32.2. The number of aromatic amines is 1. The van der Waals surface area contributed by atoms with Gasteiger partial charge in [0.1, 0.15) is 0 Å². The van der Waals surface area contributed by atoms with Crippen LogP contribution in [0.2, 0.25) is 0 Å². The van der Waals surface area contributed by atoms with Crippen molar-refractivity contribution in [3.05, 3.63) is 20.8 Å². The Morgan fingerprint density at radius 3 is 2.41 bits per heavy atom. The van der Waals surface area contributed by atoms with Gasteiger partial charge in [0.2, 0.25) is 0 Å². The van der Waals surface area contributed by atoms with Gasteiger partial charge in [0.25, 0.3) is 5.56 Å². The molecule has 0 aliphatic heterocycles. The summed E-state index contributed by atoms with van der Waals surface area (Å²) >= 11 is 1.68. The maximum Gasteiger partial charge on any atom is 0.329 e. The molecule has 0 fully saturated rings. The van der Waals surface area contributed by atoms with Gasteiger partial charge in [-0.3, -0.25) is 14.3 Å². The van der Waals surface area contributed by atoms with E-state index >= 15 is 0 Å². The number of nitrogens with one attached hydrogen (secondary N) is 1. The highest BCUT2D eigenvalue weighted by Crippen LogP contribution is 2.24. The number of hydrogen-bond donors (Lipinski definition) is 1. The van der Waals surface area contributed by atoms with Crippen LogP contribution in [0.5, 0.6) is 0 Å². The highest BCUT2D eigenvalue weighted by Gasteiger charge is 2.17. The number of fused-ring (bicyclic) bond motifs is 1. The van der Waals surface area contributed by atoms with Crippen LogP contribution in [0.4, 0.5) is 0 Å². The maximum atomic E-state index is 12.4. The minimum atomic E-state index is -0.410. The van der Waals surface area contributed by atoms with Crippen LogP contribution in [0.1, 0.15) is 72.1 Å². The number of aromatic nitrogens is 4. The summed E-state index contributed by atoms with van der Waals surface area (Å²) < 4.78 is 3.45. The van der Waals surface area contributed by atoms with Gasteiger partial charge in [0.05, 0.1) is 0 Å². The predicted octanol–water partition coefficient (Wildman–Crippen LogP) is 4.31. The van der Waals surface area contributed by atoms with Gasteiger partial charge in [0, 0.05) is 19.3 Å². The van der Waals surface area contributed by atoms with Crippen molar-refractivity contribution in [1.82, 2.24) is 19.1 Å². The van der Waals surface area contributed by atoms with E-state index in [2.05, 4.69) is 30.7 Å². The number of hydrogen-bond acceptors (Lipinski definition) is 4. The highest BCUT2D eigenvalue weighted by molar-refractivity contribution is 7.99. The number of nitrogens with zero attached hydrogens (tertiary/aromatic N) is 3. The predicted molar refractivity (Wildman–Crippen MR) is 114 cm³/mol. The lowest BCUT2D eigenvalue weighted by Crippen LogP contribution is -2.29. The van der Waals surface area contributed by atoms with E-state index in [4.69, 9.17) is 0 Å². The Labute approximate surface area is 165 Å². The first-order valence-corrected chi connectivity index (χ1v) is 11.3. The number of thioether (sulfide) groups is 1. The molecule has 0 amide bonds. The summed E-state index contributed by atoms with van der Waals surface area (Å²) in [5.74, 6) is 1.59. The van der Waals surface area contributed by atoms with Crippen molar-refractivity contribution < 1.29 is 0 Å². The molecule has 7 heteroatoms. The summed E-state index contributed by atoms with van der Waals surface area (Å²) in [4.78, 5) is 31.4. The number of aryl methyl sites for hydroxylation is 2. The summed E-state index contributed by atoms with van der Waals surface area (Å²) in [6.07, 6.45) is 9.68. The molecule has 6 nitrogen and oxygen atoms in total. The standard InChI is InChI=1S/C20H34N4O2S/c1-5-6-7-8-9-10-11-13-24-16-17(23(4)19(26)22-18(16)25)21-20(24)27-14-12-15(2)3/h15H,5-14H2,1-4H3,(H,22,25,26). The van der Waals surface area contributed by atoms with Crippen LogP contribution in [-0.2, 0) is 13.6 Å². The molecule has 152 valence electrons. The van der Waals surface area contributed by atoms with Crippen LogP contribution in [0.3, 0.4) is 0 Å². The summed E-state index contributed by atoms with van der Waals surface area (Å²) in [5.41, 5.74) is 0.264. The summed E-state index contributed by atoms with van der Waals surface area (Å²) in [7, 11) is 1.66. The second kappa shape index (κ2) is 10.7. The zero-order chi connectivity index (χ0) is 19.8. The van der Waals surface area contributed by atoms with Gasteiger partial charge in [-0.1, -0.05) is 71.1 Å². The zero-order valence-corrected chi connectivity index (χ0v) is 18.0. The van der Waals surface area contributed by atoms with Crippen molar-refractivity contribution in [3.8, 4) is 0 Å². The van der Waals surface area contributed by atoms with E-state index < -0.39 is 5.69 Å². The molecule has 0 atom stereocenters. The van der Waals surface area contributed by atoms with E-state index in [9.17, 15) is 9.59 Å². The second-order valence-corrected chi connectivity index (χ2v) is 8.75. The van der Waals surface area contributed by atoms with Gasteiger partial charge in [0.15, 0.2) is 16.3 Å². The number of unbranched alkanes of at least 4 members (excludes halogenated alkanes) is 6. The van der Waals surface area contributed by atoms with Crippen molar-refractivity contribution in [1.29, 1.82) is 0 Å². The van der Waals surface area contributed by atoms with Crippen molar-refractivity contribution in [3.63, 3.8) is 0 Å². The molecule has 2 heterocycles. The molecule has 0 aliphatic carbocycles. The molecule has 0 saturated heterocycles. The summed E-state index contributed by atoms with van der Waals surface area (Å²) in [6, 6.07) is 0. The molecule has 0 radical (unpaired) electrons. The number of rotatable bonds is 12. The maximum absolute atomic E-state index is 12.4. The van der Waals surface area contributed by atoms with E-state index in [1.807, 2.05) is 4.57 Å². The quantitative estimate of drug-likeness (QED) is 0.430. The molecule has 1 N–H and O–H groups in total. The van der Waals surface area contributed by atoms with Crippen LogP contribution in [0.25, 0.3) is 11.2 Å². The molecule has 0 saturated carbocycles. The van der Waals surface area contributed by atoms with Crippen LogP contribution in [-0.4, -0.2) is 24.9 Å². The third kappa shape index (κ3) is 5.99. The molecule has 2 rings (SSSR count). The Bertz CT molecular complexity index is 835. The fraction of sp³-hybridized carbons (Fsp3) is 0.750. The SMILES string of the molecule is CCCCCCCCCn1c(SCCC(C)C)nc2c1c(=O)[nH]c(=O)n2C. The second-order valence-electron chi connectivity index (χ2n) is 7.69. The average molecular weight is 395 g/mol. The Kier molecular flexibility index (Phi) is 8.67. The number of H-pyrrole nitrogens is 1. The Morgan fingerprint density at radius 1 is 1.07 bits per heavy atom. The Morgan fingerprint density at radius 2 is 1.74 bits per heavy atom. The minimum absolute atomic E-state index is 0.334. The Balaban J connectivity index is 2.16. The lowest BCUT2D eigenvalue weighted by atomic mass is 10.1. The van der Waals surface area contributed by atoms with Crippen LogP contribution in [0.15, 0.2) is 14.7 Å². The molecule has 0 unspecified atom stereocenters. The normalized spacial score (nSPS) is 11.7. The molecule has 0 aliphatic rings. The zero-order valence-electron chi connectivity index (χ0n) is 17.2. The first kappa shape index (κ1) is 21.8. The van der Waals surface area contributed by atoms with Gasteiger partial charge in [-0.25, -0.2) is 9.78 Å². The number of imidazole rings is 1. The van der Waals surface area contributed by atoms with Crippen LogP contribution in [0, 0.1) is 5.92 Å². The molecular formula is C20H34N4O2S. The largest absolute Gasteiger partial charge is 0.329 e. The van der Waals surface area contributed by atoms with E-state index in [1.54, 1.807) is 18.8 Å². The van der Waals surface area contributed by atoms with Gasteiger partial charge in [-0.15, -0.1) is 0 Å². The van der Waals surface area contributed by atoms with E-state index in [0.717, 1.165) is 36.7 Å². The lowest BCUT2D eigenvalue weighted by molar-refractivity contribution is 0.537. The summed E-state index contributed by atoms with van der Waals surface area (Å²) in [5, 5.41) is 0.850. The van der Waals surface area contributed by atoms with Crippen molar-refractivity contribution in [2.45, 2.75) is 83.8 Å². The fourth-order valence-corrected chi connectivity index (χ4v) is 4.41.